The molecule has 3 N–H and O–H groups in total. The summed E-state index contributed by atoms with van der Waals surface area (Å²) in [4.78, 5) is 12.4. The zero-order valence-corrected chi connectivity index (χ0v) is 23.8. The maximum absolute atomic E-state index is 14.6. The first kappa shape index (κ1) is 34.5. The average Bonchev–Trinajstić information content (AvgIpc) is 2.94. The van der Waals surface area contributed by atoms with Crippen LogP contribution in [0.15, 0.2) is 98.1 Å². The lowest BCUT2D eigenvalue weighted by Gasteiger charge is -2.44. The van der Waals surface area contributed by atoms with E-state index in [1.807, 2.05) is 13.0 Å². The van der Waals surface area contributed by atoms with Crippen molar-refractivity contribution in [3.63, 3.8) is 0 Å². The number of ether oxygens (including phenoxy) is 2. The number of thiocarbonyl (C=S) groups is 1. The smallest absolute Gasteiger partial charge is 0.257 e. The Balaban J connectivity index is 0.000000562. The minimum Gasteiger partial charge on any atom is -0.396 e. The average molecular weight is 573 g/mol. The number of allylic oxidation sites excluding steroid dienone is 3. The first-order chi connectivity index (χ1) is 19.2. The summed E-state index contributed by atoms with van der Waals surface area (Å²) < 4.78 is 38.4. The molecule has 6 nitrogen and oxygen atoms in total. The van der Waals surface area contributed by atoms with Crippen LogP contribution in [-0.2, 0) is 15.0 Å². The van der Waals surface area contributed by atoms with Crippen molar-refractivity contribution in [3.8, 4) is 0 Å². The van der Waals surface area contributed by atoms with Crippen LogP contribution in [0.1, 0.15) is 29.3 Å². The Morgan fingerprint density at radius 3 is 2.45 bits per heavy atom. The van der Waals surface area contributed by atoms with Crippen molar-refractivity contribution in [3.05, 3.63) is 121 Å². The van der Waals surface area contributed by atoms with Gasteiger partial charge in [0.1, 0.15) is 11.6 Å². The van der Waals surface area contributed by atoms with Gasteiger partial charge in [0, 0.05) is 43.4 Å². The lowest BCUT2D eigenvalue weighted by atomic mass is 9.75. The predicted molar refractivity (Wildman–Crippen MR) is 160 cm³/mol. The third kappa shape index (κ3) is 10.6. The third-order valence-corrected chi connectivity index (χ3v) is 5.98. The Morgan fingerprint density at radius 2 is 1.90 bits per heavy atom. The van der Waals surface area contributed by atoms with Crippen LogP contribution in [0.3, 0.4) is 0 Å². The van der Waals surface area contributed by atoms with Crippen molar-refractivity contribution in [2.45, 2.75) is 18.9 Å². The van der Waals surface area contributed by atoms with Gasteiger partial charge in [-0.15, -0.1) is 6.58 Å². The monoisotopic (exact) mass is 572 g/mol. The molecule has 0 saturated carbocycles. The number of carbonyl (C=O) groups is 1. The van der Waals surface area contributed by atoms with Crippen LogP contribution in [0.25, 0.3) is 0 Å². The van der Waals surface area contributed by atoms with Gasteiger partial charge in [0.2, 0.25) is 0 Å². The van der Waals surface area contributed by atoms with E-state index in [9.17, 15) is 18.7 Å². The molecule has 0 aliphatic carbocycles. The Morgan fingerprint density at radius 1 is 1.23 bits per heavy atom. The topological polar surface area (TPSA) is 79.8 Å². The molecule has 40 heavy (non-hydrogen) atoms. The number of rotatable bonds is 8. The first-order valence-corrected chi connectivity index (χ1v) is 13.0. The van der Waals surface area contributed by atoms with Crippen LogP contribution in [0.5, 0.6) is 0 Å². The van der Waals surface area contributed by atoms with Crippen molar-refractivity contribution in [1.29, 1.82) is 0 Å². The van der Waals surface area contributed by atoms with E-state index >= 15 is 0 Å². The van der Waals surface area contributed by atoms with Crippen molar-refractivity contribution in [2.75, 3.05) is 33.5 Å². The van der Waals surface area contributed by atoms with E-state index in [1.165, 1.54) is 6.07 Å². The Bertz CT molecular complexity index is 1160. The quantitative estimate of drug-likeness (QED) is 0.217. The number of halogens is 2. The molecule has 2 aromatic rings. The van der Waals surface area contributed by atoms with Gasteiger partial charge in [-0.05, 0) is 49.3 Å². The zero-order chi connectivity index (χ0) is 30.0. The van der Waals surface area contributed by atoms with Gasteiger partial charge >= 0.3 is 0 Å². The zero-order valence-electron chi connectivity index (χ0n) is 23.0. The van der Waals surface area contributed by atoms with E-state index in [2.05, 4.69) is 30.4 Å². The van der Waals surface area contributed by atoms with Crippen LogP contribution in [0, 0.1) is 17.6 Å². The third-order valence-electron chi connectivity index (χ3n) is 5.77. The number of amides is 1. The fraction of sp³-hybridized carbons (Fsp3) is 0.290. The summed E-state index contributed by atoms with van der Waals surface area (Å²) in [5.74, 6) is -2.37. The molecule has 216 valence electrons. The van der Waals surface area contributed by atoms with Crippen LogP contribution >= 0.6 is 12.2 Å². The van der Waals surface area contributed by atoms with E-state index in [0.717, 1.165) is 17.7 Å². The van der Waals surface area contributed by atoms with E-state index in [-0.39, 0.29) is 23.9 Å². The minimum absolute atomic E-state index is 0.00211. The van der Waals surface area contributed by atoms with Gasteiger partial charge in [0.15, 0.2) is 5.11 Å². The van der Waals surface area contributed by atoms with Crippen molar-refractivity contribution >= 4 is 23.2 Å². The number of hydrogen-bond acceptors (Lipinski definition) is 5. The lowest BCUT2D eigenvalue weighted by Crippen LogP contribution is -2.60. The van der Waals surface area contributed by atoms with E-state index in [0.29, 0.717) is 25.2 Å². The Kier molecular flexibility index (Phi) is 16.2. The fourth-order valence-electron chi connectivity index (χ4n) is 3.92. The Hall–Kier alpha value is -3.50. The molecule has 0 spiro atoms. The number of aliphatic hydroxyl groups excluding tert-OH is 1. The number of aliphatic hydroxyl groups is 1. The summed E-state index contributed by atoms with van der Waals surface area (Å²) in [6.45, 7) is 13.1. The highest BCUT2D eigenvalue weighted by Crippen LogP contribution is 2.37. The van der Waals surface area contributed by atoms with E-state index < -0.39 is 29.0 Å². The highest BCUT2D eigenvalue weighted by atomic mass is 32.1. The second kappa shape index (κ2) is 18.7. The fourth-order valence-corrected chi connectivity index (χ4v) is 4.19. The molecule has 2 atom stereocenters. The number of benzene rings is 2. The standard InChI is InChI=1S/C20H20F2N2O3S.C8H12O.C3H6/c21-15-6-7-16(17(22)10-15)20(12-27-9-8-14(20)11-25)24-19(28)23-18(26)13-4-2-1-3-5-13;1-4-6-8(5-2)7-9-3;1-3-2/h1-7,10,14,25H,8-9,11-12H2,(H2,23,24,26,28);4-6H,1-2,7H2,3H3;3H,1H2,2H3/b;8-6+;. The summed E-state index contributed by atoms with van der Waals surface area (Å²) in [7, 11) is 1.65. The van der Waals surface area contributed by atoms with E-state index in [4.69, 9.17) is 21.7 Å². The molecule has 1 amide bonds. The molecule has 1 saturated heterocycles. The molecule has 0 bridgehead atoms. The van der Waals surface area contributed by atoms with Crippen molar-refractivity contribution in [2.24, 2.45) is 5.92 Å². The van der Waals surface area contributed by atoms with Crippen molar-refractivity contribution < 1.29 is 28.2 Å². The number of hydrogen-bond donors (Lipinski definition) is 3. The molecule has 2 unspecified atom stereocenters. The van der Waals surface area contributed by atoms with Crippen LogP contribution in [0.4, 0.5) is 8.78 Å². The predicted octanol–water partition coefficient (Wildman–Crippen LogP) is 5.62. The van der Waals surface area contributed by atoms with Crippen LogP contribution in [0.2, 0.25) is 0 Å². The molecule has 0 radical (unpaired) electrons. The van der Waals surface area contributed by atoms with Gasteiger partial charge in [-0.3, -0.25) is 10.1 Å². The molecule has 1 aliphatic rings. The van der Waals surface area contributed by atoms with Gasteiger partial charge in [0.05, 0.1) is 18.8 Å². The molecular weight excluding hydrogens is 534 g/mol. The SMILES string of the molecule is C=C/C=C(\C=C)COC.C=CC.O=C(NC(=S)NC1(c2ccc(F)cc2F)COCCC1CO)c1ccccc1. The molecule has 3 rings (SSSR count). The van der Waals surface area contributed by atoms with Gasteiger partial charge < -0.3 is 19.9 Å². The summed E-state index contributed by atoms with van der Waals surface area (Å²) in [5, 5.41) is 15.4. The summed E-state index contributed by atoms with van der Waals surface area (Å²) in [6, 6.07) is 11.7. The summed E-state index contributed by atoms with van der Waals surface area (Å²) >= 11 is 5.28. The molecular formula is C31H38F2N2O4S. The van der Waals surface area contributed by atoms with Crippen LogP contribution < -0.4 is 10.6 Å². The molecule has 1 aliphatic heterocycles. The van der Waals surface area contributed by atoms with Crippen molar-refractivity contribution in [1.82, 2.24) is 10.6 Å². The van der Waals surface area contributed by atoms with E-state index in [1.54, 1.807) is 55.7 Å². The summed E-state index contributed by atoms with van der Waals surface area (Å²) in [5.41, 5.74) is 0.329. The molecule has 9 heteroatoms. The minimum atomic E-state index is -1.24. The summed E-state index contributed by atoms with van der Waals surface area (Å²) in [6.07, 6.45) is 7.53. The highest BCUT2D eigenvalue weighted by molar-refractivity contribution is 7.80. The second-order valence-electron chi connectivity index (χ2n) is 8.61. The van der Waals surface area contributed by atoms with Gasteiger partial charge in [-0.25, -0.2) is 8.78 Å². The van der Waals surface area contributed by atoms with Gasteiger partial charge in [0.25, 0.3) is 5.91 Å². The number of carbonyl (C=O) groups excluding carboxylic acids is 1. The maximum Gasteiger partial charge on any atom is 0.257 e. The maximum atomic E-state index is 14.6. The largest absolute Gasteiger partial charge is 0.396 e. The highest BCUT2D eigenvalue weighted by Gasteiger charge is 2.45. The number of nitrogens with one attached hydrogen (secondary N) is 2. The lowest BCUT2D eigenvalue weighted by molar-refractivity contribution is -0.0341. The van der Waals surface area contributed by atoms with Crippen LogP contribution in [-0.4, -0.2) is 49.7 Å². The molecule has 2 aromatic carbocycles. The Labute approximate surface area is 241 Å². The van der Waals surface area contributed by atoms with Gasteiger partial charge in [-0.1, -0.05) is 61.7 Å². The second-order valence-corrected chi connectivity index (χ2v) is 9.02. The van der Waals surface area contributed by atoms with Gasteiger partial charge in [-0.2, -0.15) is 0 Å². The molecule has 1 heterocycles. The first-order valence-electron chi connectivity index (χ1n) is 12.6. The number of methoxy groups -OCH3 is 1. The normalized spacial score (nSPS) is 18.0. The molecule has 1 fully saturated rings. The molecule has 0 aromatic heterocycles.